The Morgan fingerprint density at radius 2 is 2.04 bits per heavy atom. The van der Waals surface area contributed by atoms with Gasteiger partial charge in [-0.1, -0.05) is 20.8 Å². The zero-order valence-electron chi connectivity index (χ0n) is 16.5. The molecule has 2 atom stereocenters. The highest BCUT2D eigenvalue weighted by molar-refractivity contribution is 5.96. The molecule has 5 heteroatoms. The van der Waals surface area contributed by atoms with E-state index in [1.807, 2.05) is 19.1 Å². The van der Waals surface area contributed by atoms with Crippen molar-refractivity contribution < 1.29 is 9.59 Å². The Kier molecular flexibility index (Phi) is 7.64. The average molecular weight is 360 g/mol. The van der Waals surface area contributed by atoms with E-state index in [0.717, 1.165) is 24.3 Å². The highest BCUT2D eigenvalue weighted by Gasteiger charge is 2.22. The van der Waals surface area contributed by atoms with Crippen LogP contribution in [0.25, 0.3) is 0 Å². The molecule has 1 fully saturated rings. The first kappa shape index (κ1) is 20.4. The van der Waals surface area contributed by atoms with E-state index in [1.54, 1.807) is 6.07 Å². The van der Waals surface area contributed by atoms with Crippen LogP contribution in [0.4, 0.5) is 5.69 Å². The van der Waals surface area contributed by atoms with Crippen LogP contribution in [0.5, 0.6) is 0 Å². The third-order valence-electron chi connectivity index (χ3n) is 5.08. The monoisotopic (exact) mass is 359 g/mol. The second-order valence-corrected chi connectivity index (χ2v) is 7.97. The van der Waals surface area contributed by atoms with Gasteiger partial charge < -0.3 is 16.0 Å². The molecule has 1 heterocycles. The smallest absolute Gasteiger partial charge is 0.251 e. The second-order valence-electron chi connectivity index (χ2n) is 7.97. The van der Waals surface area contributed by atoms with Crippen LogP contribution in [-0.4, -0.2) is 31.4 Å². The van der Waals surface area contributed by atoms with Gasteiger partial charge in [0.25, 0.3) is 5.91 Å². The molecule has 0 bridgehead atoms. The van der Waals surface area contributed by atoms with Crippen molar-refractivity contribution in [2.75, 3.05) is 25.0 Å². The Balaban J connectivity index is 1.90. The van der Waals surface area contributed by atoms with Crippen LogP contribution in [-0.2, 0) is 4.79 Å². The topological polar surface area (TPSA) is 70.2 Å². The number of carbonyl (C=O) groups is 2. The van der Waals surface area contributed by atoms with E-state index >= 15 is 0 Å². The van der Waals surface area contributed by atoms with Crippen molar-refractivity contribution in [1.82, 2.24) is 10.6 Å². The molecule has 0 radical (unpaired) electrons. The van der Waals surface area contributed by atoms with Gasteiger partial charge in [-0.15, -0.1) is 0 Å². The number of hydrogen-bond donors (Lipinski definition) is 3. The van der Waals surface area contributed by atoms with E-state index in [0.29, 0.717) is 36.3 Å². The molecule has 0 spiro atoms. The van der Waals surface area contributed by atoms with Gasteiger partial charge in [0.1, 0.15) is 0 Å². The summed E-state index contributed by atoms with van der Waals surface area (Å²) in [4.78, 5) is 24.6. The van der Waals surface area contributed by atoms with Gasteiger partial charge in [0, 0.05) is 24.2 Å². The minimum Gasteiger partial charge on any atom is -0.352 e. The first-order valence-corrected chi connectivity index (χ1v) is 9.76. The molecule has 5 nitrogen and oxygen atoms in total. The lowest BCUT2D eigenvalue weighted by atomic mass is 9.85. The summed E-state index contributed by atoms with van der Waals surface area (Å²) in [7, 11) is 0. The maximum atomic E-state index is 12.4. The number of carbonyl (C=O) groups excluding carboxylic acids is 2. The molecule has 2 amide bonds. The van der Waals surface area contributed by atoms with Crippen LogP contribution >= 0.6 is 0 Å². The number of rotatable bonds is 7. The number of aryl methyl sites for hydroxylation is 1. The third-order valence-corrected chi connectivity index (χ3v) is 5.08. The fourth-order valence-corrected chi connectivity index (χ4v) is 3.37. The quantitative estimate of drug-likeness (QED) is 0.699. The summed E-state index contributed by atoms with van der Waals surface area (Å²) >= 11 is 0. The molecule has 2 rings (SSSR count). The van der Waals surface area contributed by atoms with Gasteiger partial charge in [-0.3, -0.25) is 9.59 Å². The van der Waals surface area contributed by atoms with Crippen LogP contribution in [0.2, 0.25) is 0 Å². The van der Waals surface area contributed by atoms with Crippen molar-refractivity contribution in [3.8, 4) is 0 Å². The maximum Gasteiger partial charge on any atom is 0.251 e. The number of anilines is 1. The van der Waals surface area contributed by atoms with Crippen LogP contribution in [0, 0.1) is 24.7 Å². The Bertz CT molecular complexity index is 622. The van der Waals surface area contributed by atoms with Gasteiger partial charge in [-0.2, -0.15) is 0 Å². The first-order chi connectivity index (χ1) is 12.4. The van der Waals surface area contributed by atoms with Crippen molar-refractivity contribution in [2.24, 2.45) is 17.8 Å². The first-order valence-electron chi connectivity index (χ1n) is 9.76. The van der Waals surface area contributed by atoms with Gasteiger partial charge in [0.15, 0.2) is 0 Å². The van der Waals surface area contributed by atoms with Crippen molar-refractivity contribution >= 4 is 17.5 Å². The summed E-state index contributed by atoms with van der Waals surface area (Å²) in [5.74, 6) is 1.33. The number of piperidine rings is 1. The summed E-state index contributed by atoms with van der Waals surface area (Å²) in [5, 5.41) is 9.33. The normalized spacial score (nSPS) is 18.4. The zero-order valence-corrected chi connectivity index (χ0v) is 16.5. The molecule has 26 heavy (non-hydrogen) atoms. The molecule has 0 aromatic heterocycles. The van der Waals surface area contributed by atoms with Crippen LogP contribution in [0.1, 0.15) is 56.0 Å². The highest BCUT2D eigenvalue weighted by Crippen LogP contribution is 2.24. The lowest BCUT2D eigenvalue weighted by molar-refractivity contribution is -0.117. The van der Waals surface area contributed by atoms with E-state index in [9.17, 15) is 9.59 Å². The summed E-state index contributed by atoms with van der Waals surface area (Å²) in [6.45, 7) is 11.0. The van der Waals surface area contributed by atoms with E-state index in [-0.39, 0.29) is 11.8 Å². The van der Waals surface area contributed by atoms with Crippen LogP contribution in [0.15, 0.2) is 18.2 Å². The van der Waals surface area contributed by atoms with E-state index in [4.69, 9.17) is 0 Å². The Morgan fingerprint density at radius 1 is 1.27 bits per heavy atom. The standard InChI is InChI=1S/C21H33N3O2/c1-14(2)12-23-21(26)17-7-8-19(16(4)10-17)24-20(25)11-15(3)18-6-5-9-22-13-18/h7-8,10,14-15,18,22H,5-6,9,11-13H2,1-4H3,(H,23,26)(H,24,25). The zero-order chi connectivity index (χ0) is 19.1. The number of nitrogens with one attached hydrogen (secondary N) is 3. The fraction of sp³-hybridized carbons (Fsp3) is 0.619. The van der Waals surface area contributed by atoms with Gasteiger partial charge in [0.2, 0.25) is 5.91 Å². The molecule has 1 aliphatic heterocycles. The minimum atomic E-state index is -0.0712. The van der Waals surface area contributed by atoms with E-state index < -0.39 is 0 Å². The van der Waals surface area contributed by atoms with Gasteiger partial charge >= 0.3 is 0 Å². The van der Waals surface area contributed by atoms with Crippen molar-refractivity contribution in [1.29, 1.82) is 0 Å². The summed E-state index contributed by atoms with van der Waals surface area (Å²) < 4.78 is 0. The predicted octanol–water partition coefficient (Wildman–Crippen LogP) is 3.35. The summed E-state index contributed by atoms with van der Waals surface area (Å²) in [6, 6.07) is 5.43. The summed E-state index contributed by atoms with van der Waals surface area (Å²) in [5.41, 5.74) is 2.31. The number of amides is 2. The average Bonchev–Trinajstić information content (AvgIpc) is 2.62. The molecular weight excluding hydrogens is 326 g/mol. The molecule has 0 saturated carbocycles. The van der Waals surface area contributed by atoms with Crippen molar-refractivity contribution in [2.45, 2.75) is 47.0 Å². The largest absolute Gasteiger partial charge is 0.352 e. The lowest BCUT2D eigenvalue weighted by Crippen LogP contribution is -2.34. The van der Waals surface area contributed by atoms with E-state index in [1.165, 1.54) is 12.8 Å². The molecule has 1 aromatic carbocycles. The maximum absolute atomic E-state index is 12.4. The van der Waals surface area contributed by atoms with Crippen LogP contribution in [0.3, 0.4) is 0 Å². The minimum absolute atomic E-state index is 0.0446. The van der Waals surface area contributed by atoms with Gasteiger partial charge in [0.05, 0.1) is 0 Å². The number of hydrogen-bond acceptors (Lipinski definition) is 3. The molecule has 1 aliphatic rings. The molecular formula is C21H33N3O2. The Morgan fingerprint density at radius 3 is 2.65 bits per heavy atom. The number of benzene rings is 1. The lowest BCUT2D eigenvalue weighted by Gasteiger charge is -2.28. The SMILES string of the molecule is Cc1cc(C(=O)NCC(C)C)ccc1NC(=O)CC(C)C1CCCNC1. The van der Waals surface area contributed by atoms with Crippen molar-refractivity contribution in [3.63, 3.8) is 0 Å². The Labute approximate surface area is 157 Å². The molecule has 0 aliphatic carbocycles. The second kappa shape index (κ2) is 9.72. The fourth-order valence-electron chi connectivity index (χ4n) is 3.37. The molecule has 2 unspecified atom stereocenters. The summed E-state index contributed by atoms with van der Waals surface area (Å²) in [6.07, 6.45) is 2.92. The molecule has 144 valence electrons. The molecule has 1 saturated heterocycles. The predicted molar refractivity (Wildman–Crippen MR) is 106 cm³/mol. The van der Waals surface area contributed by atoms with Gasteiger partial charge in [-0.05, 0) is 74.4 Å². The van der Waals surface area contributed by atoms with Crippen molar-refractivity contribution in [3.05, 3.63) is 29.3 Å². The highest BCUT2D eigenvalue weighted by atomic mass is 16.2. The molecule has 3 N–H and O–H groups in total. The third kappa shape index (κ3) is 6.13. The van der Waals surface area contributed by atoms with E-state index in [2.05, 4.69) is 36.7 Å². The van der Waals surface area contributed by atoms with Gasteiger partial charge in [-0.25, -0.2) is 0 Å². The van der Waals surface area contributed by atoms with Crippen LogP contribution < -0.4 is 16.0 Å². The Hall–Kier alpha value is -1.88. The molecule has 1 aromatic rings.